The summed E-state index contributed by atoms with van der Waals surface area (Å²) in [5.74, 6) is -2.16. The first-order valence-corrected chi connectivity index (χ1v) is 8.89. The molecule has 29 heavy (non-hydrogen) atoms. The molecule has 144 valence electrons. The number of pyridine rings is 2. The van der Waals surface area contributed by atoms with Crippen molar-refractivity contribution in [3.05, 3.63) is 101 Å². The van der Waals surface area contributed by atoms with E-state index >= 15 is 0 Å². The molecule has 0 saturated carbocycles. The van der Waals surface area contributed by atoms with Crippen molar-refractivity contribution in [1.29, 1.82) is 0 Å². The maximum atomic E-state index is 13.2. The van der Waals surface area contributed by atoms with Gasteiger partial charge in [0.2, 0.25) is 0 Å². The normalized spacial score (nSPS) is 18.2. The Bertz CT molecular complexity index is 1080. The third-order valence-electron chi connectivity index (χ3n) is 4.78. The number of ketones is 1. The van der Waals surface area contributed by atoms with Gasteiger partial charge in [-0.2, -0.15) is 0 Å². The number of halogens is 1. The number of benzene rings is 1. The highest BCUT2D eigenvalue weighted by molar-refractivity contribution is 6.46. The summed E-state index contributed by atoms with van der Waals surface area (Å²) in [6, 6.07) is 11.4. The highest BCUT2D eigenvalue weighted by Crippen LogP contribution is 2.39. The molecule has 1 amide bonds. The van der Waals surface area contributed by atoms with Crippen molar-refractivity contribution in [3.8, 4) is 0 Å². The van der Waals surface area contributed by atoms with Crippen molar-refractivity contribution in [2.45, 2.75) is 12.6 Å². The Labute approximate surface area is 166 Å². The van der Waals surface area contributed by atoms with Gasteiger partial charge in [0, 0.05) is 36.9 Å². The van der Waals surface area contributed by atoms with E-state index in [4.69, 9.17) is 0 Å². The van der Waals surface area contributed by atoms with E-state index in [0.717, 1.165) is 0 Å². The number of rotatable bonds is 4. The van der Waals surface area contributed by atoms with Crippen LogP contribution in [0.2, 0.25) is 0 Å². The molecule has 0 aliphatic carbocycles. The summed E-state index contributed by atoms with van der Waals surface area (Å²) in [6.45, 7) is 0.0883. The Hall–Kier alpha value is -3.87. The zero-order valence-electron chi connectivity index (χ0n) is 15.2. The molecule has 1 aliphatic heterocycles. The first-order valence-electron chi connectivity index (χ1n) is 8.89. The minimum Gasteiger partial charge on any atom is -0.507 e. The van der Waals surface area contributed by atoms with Crippen molar-refractivity contribution >= 4 is 17.4 Å². The van der Waals surface area contributed by atoms with Crippen LogP contribution in [0.3, 0.4) is 0 Å². The molecule has 2 aromatic heterocycles. The molecule has 1 unspecified atom stereocenters. The molecule has 0 bridgehead atoms. The number of hydrogen-bond acceptors (Lipinski definition) is 5. The molecule has 3 aromatic rings. The standard InChI is InChI=1S/C22H16FN3O3/c23-17-3-1-14(2-4-17)13-26-19(15-5-9-24-10-6-15)18(21(28)22(26)29)20(27)16-7-11-25-12-8-16/h1-12,19,27H,13H2/b20-18-. The second-order valence-electron chi connectivity index (χ2n) is 6.57. The van der Waals surface area contributed by atoms with Gasteiger partial charge in [0.15, 0.2) is 0 Å². The quantitative estimate of drug-likeness (QED) is 0.421. The van der Waals surface area contributed by atoms with E-state index in [2.05, 4.69) is 9.97 Å². The Morgan fingerprint density at radius 2 is 1.52 bits per heavy atom. The largest absolute Gasteiger partial charge is 0.507 e. The zero-order chi connectivity index (χ0) is 20.4. The van der Waals surface area contributed by atoms with Gasteiger partial charge in [-0.3, -0.25) is 19.6 Å². The number of carbonyl (C=O) groups is 2. The van der Waals surface area contributed by atoms with Crippen LogP contribution in [0.1, 0.15) is 22.7 Å². The molecule has 1 N–H and O–H groups in total. The van der Waals surface area contributed by atoms with Crippen LogP contribution in [0.5, 0.6) is 0 Å². The van der Waals surface area contributed by atoms with Crippen LogP contribution in [-0.4, -0.2) is 31.7 Å². The predicted octanol–water partition coefficient (Wildman–Crippen LogP) is 3.24. The number of hydrogen-bond donors (Lipinski definition) is 1. The first kappa shape index (κ1) is 18.5. The number of Topliss-reactive ketones (excluding diaryl/α,β-unsaturated/α-hetero) is 1. The van der Waals surface area contributed by atoms with E-state index in [-0.39, 0.29) is 23.7 Å². The molecule has 1 aromatic carbocycles. The number of carbonyl (C=O) groups excluding carboxylic acids is 2. The summed E-state index contributed by atoms with van der Waals surface area (Å²) < 4.78 is 13.2. The van der Waals surface area contributed by atoms with E-state index in [1.807, 2.05) is 0 Å². The number of aliphatic hydroxyl groups excluding tert-OH is 1. The van der Waals surface area contributed by atoms with Gasteiger partial charge in [-0.1, -0.05) is 12.1 Å². The van der Waals surface area contributed by atoms with Gasteiger partial charge in [0.1, 0.15) is 11.6 Å². The van der Waals surface area contributed by atoms with E-state index in [1.165, 1.54) is 29.4 Å². The van der Waals surface area contributed by atoms with Gasteiger partial charge >= 0.3 is 0 Å². The van der Waals surface area contributed by atoms with Crippen LogP contribution in [0.4, 0.5) is 4.39 Å². The summed E-state index contributed by atoms with van der Waals surface area (Å²) in [5, 5.41) is 10.8. The monoisotopic (exact) mass is 389 g/mol. The molecule has 0 radical (unpaired) electrons. The van der Waals surface area contributed by atoms with E-state index < -0.39 is 17.7 Å². The number of amides is 1. The Balaban J connectivity index is 1.83. The molecule has 3 heterocycles. The van der Waals surface area contributed by atoms with Crippen LogP contribution in [0.15, 0.2) is 78.9 Å². The maximum absolute atomic E-state index is 13.2. The lowest BCUT2D eigenvalue weighted by molar-refractivity contribution is -0.140. The topological polar surface area (TPSA) is 83.4 Å². The number of aromatic nitrogens is 2. The van der Waals surface area contributed by atoms with Gasteiger partial charge in [-0.05, 0) is 47.5 Å². The van der Waals surface area contributed by atoms with Gasteiger partial charge in [0.25, 0.3) is 11.7 Å². The van der Waals surface area contributed by atoms with Crippen LogP contribution in [0.25, 0.3) is 5.76 Å². The fraction of sp³-hybridized carbons (Fsp3) is 0.0909. The van der Waals surface area contributed by atoms with Crippen molar-refractivity contribution in [2.24, 2.45) is 0 Å². The van der Waals surface area contributed by atoms with Crippen molar-refractivity contribution < 1.29 is 19.1 Å². The Morgan fingerprint density at radius 1 is 0.931 bits per heavy atom. The summed E-state index contributed by atoms with van der Waals surface area (Å²) in [6.07, 6.45) is 6.09. The second kappa shape index (κ2) is 7.63. The summed E-state index contributed by atoms with van der Waals surface area (Å²) in [4.78, 5) is 35.0. The number of aliphatic hydroxyl groups is 1. The number of likely N-dealkylation sites (tertiary alicyclic amines) is 1. The molecule has 4 rings (SSSR count). The molecule has 1 aliphatic rings. The Morgan fingerprint density at radius 3 is 2.14 bits per heavy atom. The maximum Gasteiger partial charge on any atom is 0.295 e. The van der Waals surface area contributed by atoms with E-state index in [9.17, 15) is 19.1 Å². The smallest absolute Gasteiger partial charge is 0.295 e. The van der Waals surface area contributed by atoms with E-state index in [1.54, 1.807) is 48.8 Å². The van der Waals surface area contributed by atoms with Crippen molar-refractivity contribution in [2.75, 3.05) is 0 Å². The summed E-state index contributed by atoms with van der Waals surface area (Å²) >= 11 is 0. The SMILES string of the molecule is O=C1C(=O)N(Cc2ccc(F)cc2)C(c2ccncc2)/C1=C(/O)c1ccncc1. The lowest BCUT2D eigenvalue weighted by atomic mass is 9.96. The molecule has 1 saturated heterocycles. The van der Waals surface area contributed by atoms with Crippen LogP contribution in [0, 0.1) is 5.82 Å². The first-order chi connectivity index (χ1) is 14.1. The summed E-state index contributed by atoms with van der Waals surface area (Å²) in [7, 11) is 0. The second-order valence-corrected chi connectivity index (χ2v) is 6.57. The summed E-state index contributed by atoms with van der Waals surface area (Å²) in [5.41, 5.74) is 1.68. The highest BCUT2D eigenvalue weighted by Gasteiger charge is 2.46. The Kier molecular flexibility index (Phi) is 4.87. The number of nitrogens with zero attached hydrogens (tertiary/aromatic N) is 3. The third kappa shape index (κ3) is 3.50. The van der Waals surface area contributed by atoms with Crippen LogP contribution >= 0.6 is 0 Å². The van der Waals surface area contributed by atoms with Gasteiger partial charge in [0.05, 0.1) is 11.6 Å². The molecule has 1 fully saturated rings. The fourth-order valence-corrected chi connectivity index (χ4v) is 3.39. The third-order valence-corrected chi connectivity index (χ3v) is 4.78. The molecular weight excluding hydrogens is 373 g/mol. The van der Waals surface area contributed by atoms with E-state index in [0.29, 0.717) is 16.7 Å². The molecule has 7 heteroatoms. The van der Waals surface area contributed by atoms with Crippen LogP contribution < -0.4 is 0 Å². The molecule has 1 atom stereocenters. The minimum atomic E-state index is -0.795. The van der Waals surface area contributed by atoms with Crippen molar-refractivity contribution in [3.63, 3.8) is 0 Å². The minimum absolute atomic E-state index is 0.00508. The molecule has 6 nitrogen and oxygen atoms in total. The lowest BCUT2D eigenvalue weighted by Crippen LogP contribution is -2.29. The fourth-order valence-electron chi connectivity index (χ4n) is 3.39. The van der Waals surface area contributed by atoms with Gasteiger partial charge < -0.3 is 10.0 Å². The van der Waals surface area contributed by atoms with Crippen molar-refractivity contribution in [1.82, 2.24) is 14.9 Å². The average Bonchev–Trinajstić information content (AvgIpc) is 3.01. The zero-order valence-corrected chi connectivity index (χ0v) is 15.2. The predicted molar refractivity (Wildman–Crippen MR) is 103 cm³/mol. The molecule has 0 spiro atoms. The highest BCUT2D eigenvalue weighted by atomic mass is 19.1. The van der Waals surface area contributed by atoms with Gasteiger partial charge in [-0.25, -0.2) is 4.39 Å². The van der Waals surface area contributed by atoms with Crippen LogP contribution in [-0.2, 0) is 16.1 Å². The average molecular weight is 389 g/mol. The molecular formula is C22H16FN3O3. The van der Waals surface area contributed by atoms with Gasteiger partial charge in [-0.15, -0.1) is 0 Å². The lowest BCUT2D eigenvalue weighted by Gasteiger charge is -2.25.